The molecule has 3 heterocycles. The second-order valence-corrected chi connectivity index (χ2v) is 9.51. The molecule has 0 radical (unpaired) electrons. The van der Waals surface area contributed by atoms with Crippen molar-refractivity contribution in [2.24, 2.45) is 0 Å². The number of fused-ring (bicyclic) bond motifs is 3. The highest BCUT2D eigenvalue weighted by Gasteiger charge is 2.45. The Morgan fingerprint density at radius 2 is 1.84 bits per heavy atom. The fraction of sp³-hybridized carbons (Fsp3) is 0.360. The molecule has 0 spiro atoms. The lowest BCUT2D eigenvalue weighted by Crippen LogP contribution is -2.48. The third kappa shape index (κ3) is 3.42. The predicted molar refractivity (Wildman–Crippen MR) is 124 cm³/mol. The third-order valence-corrected chi connectivity index (χ3v) is 6.99. The number of hydrogen-bond acceptors (Lipinski definition) is 3. The van der Waals surface area contributed by atoms with Crippen LogP contribution in [-0.4, -0.2) is 45.7 Å². The Morgan fingerprint density at radius 3 is 2.58 bits per heavy atom. The minimum atomic E-state index is -0.456. The minimum absolute atomic E-state index is 0.0700. The van der Waals surface area contributed by atoms with Gasteiger partial charge in [0.25, 0.3) is 0 Å². The van der Waals surface area contributed by atoms with Gasteiger partial charge in [-0.1, -0.05) is 52.3 Å². The van der Waals surface area contributed by atoms with Gasteiger partial charge in [-0.05, 0) is 43.5 Å². The maximum Gasteiger partial charge on any atom is 0.222 e. The maximum absolute atomic E-state index is 13.3. The fourth-order valence-corrected chi connectivity index (χ4v) is 5.49. The maximum atomic E-state index is 13.3. The molecule has 5 rings (SSSR count). The lowest BCUT2D eigenvalue weighted by Gasteiger charge is -2.37. The second-order valence-electron chi connectivity index (χ2n) is 8.59. The van der Waals surface area contributed by atoms with E-state index in [9.17, 15) is 4.79 Å². The molecule has 0 aliphatic carbocycles. The van der Waals surface area contributed by atoms with Gasteiger partial charge in [-0.15, -0.1) is 0 Å². The Balaban J connectivity index is 1.54. The average molecular weight is 480 g/mol. The number of amides is 1. The topological polar surface area (TPSA) is 47.4 Å². The fourth-order valence-electron chi connectivity index (χ4n) is 5.23. The number of carbonyl (C=O) groups is 1. The van der Waals surface area contributed by atoms with Gasteiger partial charge in [0.1, 0.15) is 5.82 Å². The molecule has 3 aromatic rings. The van der Waals surface area contributed by atoms with Crippen LogP contribution in [0, 0.1) is 0 Å². The highest BCUT2D eigenvalue weighted by molar-refractivity contribution is 9.10. The normalized spacial score (nSPS) is 24.7. The Kier molecular flexibility index (Phi) is 5.22. The molecule has 2 aliphatic rings. The molecule has 1 saturated heterocycles. The Bertz CT molecular complexity index is 1100. The standard InChI is InChI=1S/C25H26BrN3O2/c1-17-15-28(16-18(2)31-17)23(30)11-12-25(19-7-9-20(26)10-8-19)22-6-4-3-5-21(22)24-27-13-14-29(24)25/h3-10,13-14,17-18H,11-12,15-16H2,1-2H3. The van der Waals surface area contributed by atoms with Crippen LogP contribution in [-0.2, 0) is 15.1 Å². The Morgan fingerprint density at radius 1 is 1.13 bits per heavy atom. The highest BCUT2D eigenvalue weighted by atomic mass is 79.9. The molecule has 1 fully saturated rings. The summed E-state index contributed by atoms with van der Waals surface area (Å²) >= 11 is 3.56. The number of morpholine rings is 1. The summed E-state index contributed by atoms with van der Waals surface area (Å²) in [6, 6.07) is 16.9. The SMILES string of the molecule is CC1CN(C(=O)CCC2(c3ccc(Br)cc3)c3ccccc3-c3nccn32)CC(C)O1. The quantitative estimate of drug-likeness (QED) is 0.538. The van der Waals surface area contributed by atoms with E-state index in [-0.39, 0.29) is 18.1 Å². The van der Waals surface area contributed by atoms with Crippen molar-refractivity contribution >= 4 is 21.8 Å². The van der Waals surface area contributed by atoms with Crippen molar-refractivity contribution in [3.05, 3.63) is 76.5 Å². The van der Waals surface area contributed by atoms with Gasteiger partial charge in [-0.3, -0.25) is 4.79 Å². The molecular formula is C25H26BrN3O2. The van der Waals surface area contributed by atoms with Crippen LogP contribution in [0.25, 0.3) is 11.4 Å². The molecule has 3 unspecified atom stereocenters. The van der Waals surface area contributed by atoms with Gasteiger partial charge in [0.2, 0.25) is 5.91 Å². The van der Waals surface area contributed by atoms with Gasteiger partial charge in [0, 0.05) is 41.9 Å². The molecule has 31 heavy (non-hydrogen) atoms. The number of aromatic nitrogens is 2. The summed E-state index contributed by atoms with van der Waals surface area (Å²) < 4.78 is 9.10. The molecular weight excluding hydrogens is 454 g/mol. The van der Waals surface area contributed by atoms with Gasteiger partial charge >= 0.3 is 0 Å². The molecule has 1 amide bonds. The highest BCUT2D eigenvalue weighted by Crippen LogP contribution is 2.49. The van der Waals surface area contributed by atoms with E-state index in [0.717, 1.165) is 21.4 Å². The van der Waals surface area contributed by atoms with Crippen molar-refractivity contribution in [3.8, 4) is 11.4 Å². The van der Waals surface area contributed by atoms with Crippen molar-refractivity contribution < 1.29 is 9.53 Å². The zero-order chi connectivity index (χ0) is 21.6. The average Bonchev–Trinajstić information content (AvgIpc) is 3.33. The summed E-state index contributed by atoms with van der Waals surface area (Å²) in [5.41, 5.74) is 3.05. The van der Waals surface area contributed by atoms with E-state index in [1.165, 1.54) is 5.56 Å². The number of imidazole rings is 1. The van der Waals surface area contributed by atoms with Crippen LogP contribution < -0.4 is 0 Å². The van der Waals surface area contributed by atoms with Crippen molar-refractivity contribution in [2.75, 3.05) is 13.1 Å². The molecule has 2 aromatic carbocycles. The predicted octanol–water partition coefficient (Wildman–Crippen LogP) is 4.83. The molecule has 0 bridgehead atoms. The lowest BCUT2D eigenvalue weighted by molar-refractivity contribution is -0.143. The molecule has 0 saturated carbocycles. The zero-order valence-electron chi connectivity index (χ0n) is 17.8. The number of carbonyl (C=O) groups excluding carboxylic acids is 1. The molecule has 1 aromatic heterocycles. The van der Waals surface area contributed by atoms with Crippen LogP contribution in [0.3, 0.4) is 0 Å². The number of nitrogens with zero attached hydrogens (tertiary/aromatic N) is 3. The number of benzene rings is 2. The van der Waals surface area contributed by atoms with Crippen LogP contribution in [0.1, 0.15) is 37.8 Å². The molecule has 0 N–H and O–H groups in total. The summed E-state index contributed by atoms with van der Waals surface area (Å²) in [4.78, 5) is 19.9. The molecule has 5 nitrogen and oxygen atoms in total. The first-order valence-corrected chi connectivity index (χ1v) is 11.6. The summed E-state index contributed by atoms with van der Waals surface area (Å²) in [6.07, 6.45) is 5.17. The van der Waals surface area contributed by atoms with Gasteiger partial charge in [0.15, 0.2) is 0 Å². The Hall–Kier alpha value is -2.44. The van der Waals surface area contributed by atoms with Gasteiger partial charge in [-0.2, -0.15) is 0 Å². The van der Waals surface area contributed by atoms with E-state index in [4.69, 9.17) is 4.74 Å². The number of halogens is 1. The van der Waals surface area contributed by atoms with E-state index >= 15 is 0 Å². The third-order valence-electron chi connectivity index (χ3n) is 6.46. The summed E-state index contributed by atoms with van der Waals surface area (Å²) in [6.45, 7) is 5.37. The van der Waals surface area contributed by atoms with Crippen LogP contribution >= 0.6 is 15.9 Å². The van der Waals surface area contributed by atoms with E-state index in [2.05, 4.69) is 74.0 Å². The minimum Gasteiger partial charge on any atom is -0.372 e. The van der Waals surface area contributed by atoms with E-state index in [1.54, 1.807) is 0 Å². The monoisotopic (exact) mass is 479 g/mol. The van der Waals surface area contributed by atoms with Gasteiger partial charge in [-0.25, -0.2) is 4.98 Å². The zero-order valence-corrected chi connectivity index (χ0v) is 19.4. The largest absolute Gasteiger partial charge is 0.372 e. The van der Waals surface area contributed by atoms with Gasteiger partial charge in [0.05, 0.1) is 17.7 Å². The van der Waals surface area contributed by atoms with Crippen molar-refractivity contribution in [3.63, 3.8) is 0 Å². The summed E-state index contributed by atoms with van der Waals surface area (Å²) in [5, 5.41) is 0. The molecule has 160 valence electrons. The number of hydrogen-bond donors (Lipinski definition) is 0. The van der Waals surface area contributed by atoms with E-state index in [1.807, 2.05) is 31.1 Å². The first-order valence-electron chi connectivity index (χ1n) is 10.8. The Labute approximate surface area is 191 Å². The summed E-state index contributed by atoms with van der Waals surface area (Å²) in [5.74, 6) is 1.14. The van der Waals surface area contributed by atoms with Crippen molar-refractivity contribution in [1.29, 1.82) is 0 Å². The lowest BCUT2D eigenvalue weighted by atomic mass is 9.79. The van der Waals surface area contributed by atoms with Crippen LogP contribution in [0.5, 0.6) is 0 Å². The van der Waals surface area contributed by atoms with Crippen molar-refractivity contribution in [1.82, 2.24) is 14.5 Å². The van der Waals surface area contributed by atoms with Gasteiger partial charge < -0.3 is 14.2 Å². The molecule has 6 heteroatoms. The van der Waals surface area contributed by atoms with Crippen LogP contribution in [0.2, 0.25) is 0 Å². The second kappa shape index (κ2) is 7.92. The molecule has 3 atom stereocenters. The first-order chi connectivity index (χ1) is 15.0. The van der Waals surface area contributed by atoms with Crippen LogP contribution in [0.15, 0.2) is 65.4 Å². The summed E-state index contributed by atoms with van der Waals surface area (Å²) in [7, 11) is 0. The van der Waals surface area contributed by atoms with E-state index in [0.29, 0.717) is 25.9 Å². The number of ether oxygens (including phenoxy) is 1. The molecule has 2 aliphatic heterocycles. The smallest absolute Gasteiger partial charge is 0.222 e. The van der Waals surface area contributed by atoms with Crippen molar-refractivity contribution in [2.45, 2.75) is 44.4 Å². The van der Waals surface area contributed by atoms with Crippen LogP contribution in [0.4, 0.5) is 0 Å². The first kappa shape index (κ1) is 20.5. The number of rotatable bonds is 4. The van der Waals surface area contributed by atoms with E-state index < -0.39 is 5.54 Å².